The number of fused-ring (bicyclic) bond motifs is 1. The van der Waals surface area contributed by atoms with Crippen LogP contribution >= 0.6 is 34.3 Å². The largest absolute Gasteiger partial charge is 0.573 e. The van der Waals surface area contributed by atoms with Gasteiger partial charge in [-0.3, -0.25) is 9.44 Å². The van der Waals surface area contributed by atoms with Gasteiger partial charge in [-0.25, -0.2) is 16.8 Å². The maximum Gasteiger partial charge on any atom is 0.573 e. The lowest BCUT2D eigenvalue weighted by Crippen LogP contribution is -2.18. The summed E-state index contributed by atoms with van der Waals surface area (Å²) < 4.78 is 99.6. The fourth-order valence-corrected chi connectivity index (χ4v) is 8.35. The fourth-order valence-electron chi connectivity index (χ4n) is 3.66. The highest BCUT2D eigenvalue weighted by Gasteiger charge is 2.31. The first-order valence-corrected chi connectivity index (χ1v) is 16.1. The van der Waals surface area contributed by atoms with Gasteiger partial charge in [0.25, 0.3) is 20.0 Å². The van der Waals surface area contributed by atoms with Crippen LogP contribution in [0.15, 0.2) is 94.0 Å². The third kappa shape index (κ3) is 6.36. The molecule has 0 saturated carbocycles. The van der Waals surface area contributed by atoms with E-state index in [9.17, 15) is 30.0 Å². The molecule has 2 heterocycles. The van der Waals surface area contributed by atoms with Crippen molar-refractivity contribution in [1.82, 2.24) is 0 Å². The van der Waals surface area contributed by atoms with E-state index in [1.165, 1.54) is 35.6 Å². The molecule has 2 N–H and O–H groups in total. The molecular formula is C25H16ClF3N2O5S4. The van der Waals surface area contributed by atoms with Gasteiger partial charge in [0.15, 0.2) is 0 Å². The van der Waals surface area contributed by atoms with Crippen LogP contribution in [-0.4, -0.2) is 23.2 Å². The number of hydrogen-bond donors (Lipinski definition) is 2. The first-order valence-electron chi connectivity index (χ1n) is 11.1. The van der Waals surface area contributed by atoms with Crippen molar-refractivity contribution < 1.29 is 34.7 Å². The molecule has 0 aliphatic carbocycles. The van der Waals surface area contributed by atoms with Gasteiger partial charge < -0.3 is 4.74 Å². The van der Waals surface area contributed by atoms with Crippen molar-refractivity contribution in [1.29, 1.82) is 0 Å². The van der Waals surface area contributed by atoms with Crippen LogP contribution in [0.2, 0.25) is 4.34 Å². The number of alkyl halides is 3. The lowest BCUT2D eigenvalue weighted by atomic mass is 10.1. The number of sulfonamides is 2. The predicted octanol–water partition coefficient (Wildman–Crippen LogP) is 7.78. The van der Waals surface area contributed by atoms with E-state index >= 15 is 0 Å². The van der Waals surface area contributed by atoms with Crippen molar-refractivity contribution in [3.63, 3.8) is 0 Å². The summed E-state index contributed by atoms with van der Waals surface area (Å²) in [6, 6.07) is 20.4. The molecule has 0 atom stereocenters. The van der Waals surface area contributed by atoms with Gasteiger partial charge in [0, 0.05) is 9.58 Å². The van der Waals surface area contributed by atoms with Crippen LogP contribution in [0.3, 0.4) is 0 Å². The van der Waals surface area contributed by atoms with Crippen LogP contribution in [-0.2, 0) is 20.0 Å². The van der Waals surface area contributed by atoms with Gasteiger partial charge in [-0.2, -0.15) is 0 Å². The average molecular weight is 645 g/mol. The molecule has 40 heavy (non-hydrogen) atoms. The van der Waals surface area contributed by atoms with E-state index < -0.39 is 32.2 Å². The van der Waals surface area contributed by atoms with Crippen LogP contribution < -0.4 is 14.2 Å². The third-order valence-electron chi connectivity index (χ3n) is 5.40. The quantitative estimate of drug-likeness (QED) is 0.180. The topological polar surface area (TPSA) is 102 Å². The molecule has 0 unspecified atom stereocenters. The van der Waals surface area contributed by atoms with Gasteiger partial charge in [-0.15, -0.1) is 35.8 Å². The lowest BCUT2D eigenvalue weighted by molar-refractivity contribution is -0.274. The van der Waals surface area contributed by atoms with Gasteiger partial charge >= 0.3 is 6.36 Å². The minimum Gasteiger partial charge on any atom is -0.406 e. The average Bonchev–Trinajstić information content (AvgIpc) is 3.51. The van der Waals surface area contributed by atoms with E-state index in [4.69, 9.17) is 11.6 Å². The Hall–Kier alpha value is -3.30. The van der Waals surface area contributed by atoms with Crippen molar-refractivity contribution in [2.45, 2.75) is 15.5 Å². The number of thiophene rings is 2. The second kappa shape index (κ2) is 10.6. The normalized spacial score (nSPS) is 12.4. The molecule has 5 rings (SSSR count). The number of halogens is 4. The lowest BCUT2D eigenvalue weighted by Gasteiger charge is -2.16. The van der Waals surface area contributed by atoms with Gasteiger partial charge in [0.1, 0.15) is 9.96 Å². The van der Waals surface area contributed by atoms with E-state index in [0.717, 1.165) is 50.6 Å². The van der Waals surface area contributed by atoms with Crippen molar-refractivity contribution in [2.24, 2.45) is 0 Å². The molecule has 5 aromatic rings. The Morgan fingerprint density at radius 2 is 1.45 bits per heavy atom. The minimum atomic E-state index is -4.94. The third-order valence-corrected chi connectivity index (χ3v) is 11.0. The maximum atomic E-state index is 13.2. The van der Waals surface area contributed by atoms with Gasteiger partial charge in [0.05, 0.1) is 20.6 Å². The zero-order chi connectivity index (χ0) is 28.7. The molecule has 3 aromatic carbocycles. The molecule has 15 heteroatoms. The van der Waals surface area contributed by atoms with E-state index in [1.807, 2.05) is 30.3 Å². The highest BCUT2D eigenvalue weighted by molar-refractivity contribution is 7.94. The Labute approximate surface area is 239 Å². The molecule has 0 spiro atoms. The fraction of sp³-hybridized carbons (Fsp3) is 0.0400. The first-order chi connectivity index (χ1) is 18.8. The number of ether oxygens (including phenoxy) is 1. The first kappa shape index (κ1) is 28.2. The zero-order valence-electron chi connectivity index (χ0n) is 19.8. The van der Waals surface area contributed by atoms with Crippen LogP contribution in [0.4, 0.5) is 24.5 Å². The number of benzene rings is 3. The summed E-state index contributed by atoms with van der Waals surface area (Å²) in [6.45, 7) is 0. The SMILES string of the molecule is O=S(=O)(Nc1cc(-c2cc3ccccc3s2)ccc1NS(=O)(=O)c1ccc(Cl)s1)c1ccc(OC(F)(F)F)cc1. The number of anilines is 2. The summed E-state index contributed by atoms with van der Waals surface area (Å²) in [4.78, 5) is 0.433. The van der Waals surface area contributed by atoms with Crippen LogP contribution in [0, 0.1) is 0 Å². The Balaban J connectivity index is 1.53. The summed E-state index contributed by atoms with van der Waals surface area (Å²) in [5.41, 5.74) is 0.432. The smallest absolute Gasteiger partial charge is 0.406 e. The standard InChI is InChI=1S/C25H16ClF3N2O5S4/c26-23-11-12-24(38-23)40(34,35)30-19-10-5-16(22-14-15-3-1-2-4-21(15)37-22)13-20(19)31-39(32,33)18-8-6-17(7-9-18)36-25(27,28)29/h1-14,30-31H. The van der Waals surface area contributed by atoms with Crippen LogP contribution in [0.25, 0.3) is 20.5 Å². The molecular weight excluding hydrogens is 629 g/mol. The summed E-state index contributed by atoms with van der Waals surface area (Å²) in [7, 11) is -8.50. The summed E-state index contributed by atoms with van der Waals surface area (Å²) in [5, 5.41) is 0.977. The van der Waals surface area contributed by atoms with Crippen LogP contribution in [0.5, 0.6) is 5.75 Å². The second-order valence-corrected chi connectivity index (χ2v) is 14.6. The molecule has 2 aromatic heterocycles. The molecule has 0 fully saturated rings. The molecule has 0 bridgehead atoms. The highest BCUT2D eigenvalue weighted by Crippen LogP contribution is 2.38. The van der Waals surface area contributed by atoms with Crippen molar-refractivity contribution in [3.8, 4) is 16.2 Å². The van der Waals surface area contributed by atoms with Gasteiger partial charge in [-0.1, -0.05) is 35.9 Å². The summed E-state index contributed by atoms with van der Waals surface area (Å²) in [5.74, 6) is -0.596. The number of hydrogen-bond acceptors (Lipinski definition) is 7. The highest BCUT2D eigenvalue weighted by atomic mass is 35.5. The summed E-state index contributed by atoms with van der Waals surface area (Å²) in [6.07, 6.45) is -4.94. The predicted molar refractivity (Wildman–Crippen MR) is 151 cm³/mol. The Bertz CT molecular complexity index is 1890. The second-order valence-electron chi connectivity index (χ2n) is 8.20. The Kier molecular flexibility index (Phi) is 7.48. The minimum absolute atomic E-state index is 0.0741. The summed E-state index contributed by atoms with van der Waals surface area (Å²) >= 11 is 8.18. The van der Waals surface area contributed by atoms with E-state index in [1.54, 1.807) is 6.07 Å². The molecule has 208 valence electrons. The van der Waals surface area contributed by atoms with E-state index in [2.05, 4.69) is 14.2 Å². The van der Waals surface area contributed by atoms with Gasteiger partial charge in [0.2, 0.25) is 0 Å². The molecule has 7 nitrogen and oxygen atoms in total. The molecule has 0 aliphatic heterocycles. The molecule has 0 amide bonds. The molecule has 0 radical (unpaired) electrons. The van der Waals surface area contributed by atoms with Gasteiger partial charge in [-0.05, 0) is 71.6 Å². The molecule has 0 aliphatic rings. The van der Waals surface area contributed by atoms with Crippen molar-refractivity contribution >= 4 is 75.8 Å². The maximum absolute atomic E-state index is 13.2. The van der Waals surface area contributed by atoms with Crippen LogP contribution in [0.1, 0.15) is 0 Å². The van der Waals surface area contributed by atoms with E-state index in [-0.39, 0.29) is 24.8 Å². The van der Waals surface area contributed by atoms with Crippen molar-refractivity contribution in [2.75, 3.05) is 9.44 Å². The number of rotatable bonds is 8. The van der Waals surface area contributed by atoms with E-state index in [0.29, 0.717) is 5.56 Å². The molecule has 0 saturated heterocycles. The monoisotopic (exact) mass is 644 g/mol. The Morgan fingerprint density at radius 1 is 0.750 bits per heavy atom. The number of nitrogens with one attached hydrogen (secondary N) is 2. The Morgan fingerprint density at radius 3 is 2.10 bits per heavy atom. The zero-order valence-corrected chi connectivity index (χ0v) is 23.8. The van der Waals surface area contributed by atoms with Crippen molar-refractivity contribution in [3.05, 3.63) is 89.3 Å².